The molecule has 6 nitrogen and oxygen atoms in total. The van der Waals surface area contributed by atoms with Gasteiger partial charge in [-0.2, -0.15) is 4.31 Å². The molecular formula is C17H21ClN3O3S+. The summed E-state index contributed by atoms with van der Waals surface area (Å²) >= 11 is 6.01. The quantitative estimate of drug-likeness (QED) is 0.791. The smallest absolute Gasteiger partial charge is 0.274 e. The molecule has 1 aliphatic rings. The summed E-state index contributed by atoms with van der Waals surface area (Å²) in [5.74, 6) is 0.820. The van der Waals surface area contributed by atoms with Crippen LogP contribution in [0, 0.1) is 0 Å². The molecule has 25 heavy (non-hydrogen) atoms. The molecule has 1 aromatic heterocycles. The molecule has 0 atom stereocenters. The molecule has 3 rings (SSSR count). The molecule has 0 amide bonds. The van der Waals surface area contributed by atoms with E-state index in [0.717, 1.165) is 11.4 Å². The lowest BCUT2D eigenvalue weighted by atomic mass is 10.2. The van der Waals surface area contributed by atoms with E-state index in [1.54, 1.807) is 12.1 Å². The van der Waals surface area contributed by atoms with Crippen LogP contribution in [0.25, 0.3) is 0 Å². The van der Waals surface area contributed by atoms with Crippen molar-refractivity contribution in [1.82, 2.24) is 4.31 Å². The molecule has 134 valence electrons. The molecule has 8 heteroatoms. The number of benzene rings is 1. The van der Waals surface area contributed by atoms with Gasteiger partial charge in [0.15, 0.2) is 0 Å². The normalized spacial score (nSPS) is 15.9. The van der Waals surface area contributed by atoms with E-state index in [9.17, 15) is 8.42 Å². The number of nitrogens with one attached hydrogen (secondary N) is 1. The summed E-state index contributed by atoms with van der Waals surface area (Å²) in [6, 6.07) is 11.1. The second-order valence-electron chi connectivity index (χ2n) is 5.91. The van der Waals surface area contributed by atoms with Gasteiger partial charge in [-0.15, -0.1) is 0 Å². The minimum Gasteiger partial charge on any atom is -0.379 e. The highest BCUT2D eigenvalue weighted by atomic mass is 35.5. The van der Waals surface area contributed by atoms with Crippen LogP contribution in [0.2, 0.25) is 5.02 Å². The molecule has 0 radical (unpaired) electrons. The van der Waals surface area contributed by atoms with Gasteiger partial charge in [-0.3, -0.25) is 4.90 Å². The van der Waals surface area contributed by atoms with Crippen LogP contribution in [0.3, 0.4) is 0 Å². The van der Waals surface area contributed by atoms with Crippen LogP contribution in [0.5, 0.6) is 0 Å². The number of rotatable bonds is 5. The number of pyridine rings is 1. The van der Waals surface area contributed by atoms with E-state index in [2.05, 4.69) is 4.98 Å². The molecule has 1 fully saturated rings. The molecule has 0 spiro atoms. The fourth-order valence-electron chi connectivity index (χ4n) is 2.73. The first-order valence-corrected chi connectivity index (χ1v) is 9.84. The van der Waals surface area contributed by atoms with Crippen LogP contribution in [-0.4, -0.2) is 46.1 Å². The number of ether oxygens (including phenoxy) is 1. The lowest BCUT2D eigenvalue weighted by molar-refractivity contribution is -0.367. The second-order valence-corrected chi connectivity index (χ2v) is 8.29. The summed E-state index contributed by atoms with van der Waals surface area (Å²) in [6.07, 6.45) is 1.54. The van der Waals surface area contributed by atoms with Crippen molar-refractivity contribution in [1.29, 1.82) is 0 Å². The number of aromatic nitrogens is 1. The molecule has 0 aliphatic carbocycles. The third-order valence-electron chi connectivity index (χ3n) is 4.10. The number of aromatic amines is 1. The van der Waals surface area contributed by atoms with Crippen molar-refractivity contribution in [2.45, 2.75) is 11.4 Å². The van der Waals surface area contributed by atoms with Crippen LogP contribution in [0.4, 0.5) is 5.82 Å². The summed E-state index contributed by atoms with van der Waals surface area (Å²) in [4.78, 5) is 5.33. The first-order valence-electron chi connectivity index (χ1n) is 8.02. The minimum atomic E-state index is -3.48. The Morgan fingerprint density at radius 3 is 2.64 bits per heavy atom. The van der Waals surface area contributed by atoms with E-state index in [0.29, 0.717) is 37.9 Å². The average molecular weight is 383 g/mol. The summed E-state index contributed by atoms with van der Waals surface area (Å²) in [5, 5.41) is 0.696. The van der Waals surface area contributed by atoms with Gasteiger partial charge in [0, 0.05) is 24.2 Å². The van der Waals surface area contributed by atoms with Gasteiger partial charge < -0.3 is 4.74 Å². The number of H-pyrrole nitrogens is 1. The SMILES string of the molecule is CN(Cc1cccc(Cl)c1)c1ccc(S(=O)(=O)N2CCOCC2)c[nH+]1. The van der Waals surface area contributed by atoms with E-state index in [4.69, 9.17) is 16.3 Å². The minimum absolute atomic E-state index is 0.259. The Hall–Kier alpha value is -1.67. The van der Waals surface area contributed by atoms with Crippen LogP contribution in [-0.2, 0) is 21.3 Å². The van der Waals surface area contributed by atoms with Crippen LogP contribution >= 0.6 is 11.6 Å². The molecular weight excluding hydrogens is 362 g/mol. The predicted octanol–water partition coefficient (Wildman–Crippen LogP) is 1.81. The largest absolute Gasteiger partial charge is 0.379 e. The highest BCUT2D eigenvalue weighted by molar-refractivity contribution is 7.89. The van der Waals surface area contributed by atoms with E-state index in [1.807, 2.05) is 36.2 Å². The van der Waals surface area contributed by atoms with Crippen molar-refractivity contribution in [2.24, 2.45) is 0 Å². The molecule has 0 unspecified atom stereocenters. The Kier molecular flexibility index (Phi) is 5.58. The third-order valence-corrected chi connectivity index (χ3v) is 6.23. The molecule has 0 bridgehead atoms. The topological polar surface area (TPSA) is 64.0 Å². The van der Waals surface area contributed by atoms with Crippen molar-refractivity contribution in [3.05, 3.63) is 53.2 Å². The number of nitrogens with zero attached hydrogens (tertiary/aromatic N) is 2. The maximum atomic E-state index is 12.6. The number of halogens is 1. The molecule has 2 aromatic rings. The number of anilines is 1. The number of morpholine rings is 1. The van der Waals surface area contributed by atoms with Crippen molar-refractivity contribution in [2.75, 3.05) is 38.3 Å². The van der Waals surface area contributed by atoms with Gasteiger partial charge in [0.05, 0.1) is 20.3 Å². The van der Waals surface area contributed by atoms with Crippen LogP contribution in [0.1, 0.15) is 5.56 Å². The monoisotopic (exact) mass is 382 g/mol. The molecule has 1 N–H and O–H groups in total. The summed E-state index contributed by atoms with van der Waals surface area (Å²) in [7, 11) is -1.55. The van der Waals surface area contributed by atoms with Crippen LogP contribution in [0.15, 0.2) is 47.5 Å². The first-order chi connectivity index (χ1) is 12.0. The van der Waals surface area contributed by atoms with Gasteiger partial charge in [0.2, 0.25) is 10.0 Å². The van der Waals surface area contributed by atoms with Gasteiger partial charge in [-0.05, 0) is 23.8 Å². The zero-order valence-corrected chi connectivity index (χ0v) is 15.6. The Labute approximate surface area is 153 Å². The average Bonchev–Trinajstić information content (AvgIpc) is 2.62. The third kappa shape index (κ3) is 4.30. The summed E-state index contributed by atoms with van der Waals surface area (Å²) < 4.78 is 31.9. The van der Waals surface area contributed by atoms with E-state index in [1.165, 1.54) is 10.5 Å². The van der Waals surface area contributed by atoms with Crippen molar-refractivity contribution in [3.8, 4) is 0 Å². The van der Waals surface area contributed by atoms with Gasteiger partial charge in [-0.25, -0.2) is 13.4 Å². The van der Waals surface area contributed by atoms with Crippen LogP contribution < -0.4 is 9.88 Å². The maximum absolute atomic E-state index is 12.6. The van der Waals surface area contributed by atoms with Gasteiger partial charge >= 0.3 is 0 Å². The number of hydrogen-bond donors (Lipinski definition) is 0. The standard InChI is InChI=1S/C17H20ClN3O3S/c1-20(13-14-3-2-4-15(18)11-14)17-6-5-16(12-19-17)25(22,23)21-7-9-24-10-8-21/h2-6,11-12H,7-10,13H2,1H3/p+1. The van der Waals surface area contributed by atoms with Gasteiger partial charge in [-0.1, -0.05) is 23.7 Å². The maximum Gasteiger partial charge on any atom is 0.274 e. The Balaban J connectivity index is 1.73. The predicted molar refractivity (Wildman–Crippen MR) is 96.1 cm³/mol. The first kappa shape index (κ1) is 18.1. The number of hydrogen-bond acceptors (Lipinski definition) is 4. The van der Waals surface area contributed by atoms with Gasteiger partial charge in [0.25, 0.3) is 5.82 Å². The summed E-state index contributed by atoms with van der Waals surface area (Å²) in [6.45, 7) is 2.30. The van der Waals surface area contributed by atoms with E-state index < -0.39 is 10.0 Å². The van der Waals surface area contributed by atoms with Crippen molar-refractivity contribution in [3.63, 3.8) is 0 Å². The van der Waals surface area contributed by atoms with E-state index >= 15 is 0 Å². The highest BCUT2D eigenvalue weighted by Crippen LogP contribution is 2.18. The number of sulfonamides is 1. The zero-order chi connectivity index (χ0) is 17.9. The zero-order valence-electron chi connectivity index (χ0n) is 14.0. The molecule has 1 aliphatic heterocycles. The van der Waals surface area contributed by atoms with Crippen molar-refractivity contribution < 1.29 is 18.1 Å². The van der Waals surface area contributed by atoms with Gasteiger partial charge in [0.1, 0.15) is 17.6 Å². The summed E-state index contributed by atoms with van der Waals surface area (Å²) in [5.41, 5.74) is 1.08. The highest BCUT2D eigenvalue weighted by Gasteiger charge is 2.27. The fraction of sp³-hybridized carbons (Fsp3) is 0.353. The molecule has 0 saturated carbocycles. The lowest BCUT2D eigenvalue weighted by Crippen LogP contribution is -2.41. The Morgan fingerprint density at radius 2 is 2.00 bits per heavy atom. The molecule has 1 aromatic carbocycles. The molecule has 1 saturated heterocycles. The Bertz CT molecular complexity index is 821. The fourth-order valence-corrected chi connectivity index (χ4v) is 4.32. The van der Waals surface area contributed by atoms with E-state index in [-0.39, 0.29) is 4.90 Å². The van der Waals surface area contributed by atoms with Crippen molar-refractivity contribution >= 4 is 27.4 Å². The Morgan fingerprint density at radius 1 is 1.24 bits per heavy atom. The molecule has 2 heterocycles. The second kappa shape index (κ2) is 7.70. The lowest BCUT2D eigenvalue weighted by Gasteiger charge is -2.25.